The van der Waals surface area contributed by atoms with Crippen molar-refractivity contribution in [2.75, 3.05) is 27.4 Å². The molecule has 212 valence electrons. The highest BCUT2D eigenvalue weighted by molar-refractivity contribution is 6.04. The van der Waals surface area contributed by atoms with Crippen LogP contribution in [0.3, 0.4) is 0 Å². The first-order valence-electron chi connectivity index (χ1n) is 13.8. The summed E-state index contributed by atoms with van der Waals surface area (Å²) in [5, 5.41) is 3.40. The third-order valence-corrected chi connectivity index (χ3v) is 7.62. The molecule has 0 amide bonds. The van der Waals surface area contributed by atoms with Crippen molar-refractivity contribution in [3.63, 3.8) is 0 Å². The maximum Gasteiger partial charge on any atom is 0.336 e. The van der Waals surface area contributed by atoms with Crippen molar-refractivity contribution in [1.29, 1.82) is 0 Å². The van der Waals surface area contributed by atoms with Gasteiger partial charge in [-0.05, 0) is 60.2 Å². The molecule has 2 aliphatic rings. The number of allylic oxidation sites excluding steroid dienone is 3. The molecule has 0 aromatic heterocycles. The van der Waals surface area contributed by atoms with Gasteiger partial charge in [-0.2, -0.15) is 0 Å². The van der Waals surface area contributed by atoms with Crippen LogP contribution in [-0.4, -0.2) is 39.2 Å². The number of carbonyl (C=O) groups excluding carboxylic acids is 2. The zero-order valence-electron chi connectivity index (χ0n) is 23.6. The van der Waals surface area contributed by atoms with Crippen molar-refractivity contribution in [3.8, 4) is 11.5 Å². The topological polar surface area (TPSA) is 83.1 Å². The summed E-state index contributed by atoms with van der Waals surface area (Å²) in [6.45, 7) is 2.73. The fourth-order valence-corrected chi connectivity index (χ4v) is 5.55. The minimum absolute atomic E-state index is 0.0173. The lowest BCUT2D eigenvalue weighted by Crippen LogP contribution is -2.36. The molecule has 7 heteroatoms. The lowest BCUT2D eigenvalue weighted by atomic mass is 9.71. The molecule has 0 unspecified atom stereocenters. The first kappa shape index (κ1) is 28.2. The lowest BCUT2D eigenvalue weighted by Gasteiger charge is -2.36. The predicted octanol–water partition coefficient (Wildman–Crippen LogP) is 5.83. The zero-order chi connectivity index (χ0) is 28.8. The van der Waals surface area contributed by atoms with Gasteiger partial charge in [0, 0.05) is 36.4 Å². The molecule has 1 heterocycles. The van der Waals surface area contributed by atoms with Crippen LogP contribution in [0.2, 0.25) is 0 Å². The second kappa shape index (κ2) is 12.9. The van der Waals surface area contributed by atoms with Crippen LogP contribution in [-0.2, 0) is 25.7 Å². The number of Topliss-reactive ketones (excluding diaryl/α,β-unsaturated/α-hetero) is 1. The molecule has 7 nitrogen and oxygen atoms in total. The Morgan fingerprint density at radius 3 is 2.22 bits per heavy atom. The quantitative estimate of drug-likeness (QED) is 0.250. The second-order valence-corrected chi connectivity index (χ2v) is 10.3. The van der Waals surface area contributed by atoms with Crippen LogP contribution < -0.4 is 14.8 Å². The average Bonchev–Trinajstić information content (AvgIpc) is 3.00. The fraction of sp³-hybridized carbons (Fsp3) is 0.294. The third-order valence-electron chi connectivity index (χ3n) is 7.62. The van der Waals surface area contributed by atoms with Crippen molar-refractivity contribution in [3.05, 3.63) is 118 Å². The van der Waals surface area contributed by atoms with Gasteiger partial charge in [0.2, 0.25) is 0 Å². The highest BCUT2D eigenvalue weighted by Crippen LogP contribution is 2.46. The summed E-state index contributed by atoms with van der Waals surface area (Å²) in [7, 11) is 3.19. The highest BCUT2D eigenvalue weighted by atomic mass is 16.6. The molecular formula is C34H35NO6. The Hall–Kier alpha value is -4.36. The maximum atomic E-state index is 13.8. The summed E-state index contributed by atoms with van der Waals surface area (Å²) in [6, 6.07) is 25.5. The summed E-state index contributed by atoms with van der Waals surface area (Å²) in [5.41, 5.74) is 5.58. The van der Waals surface area contributed by atoms with E-state index < -0.39 is 11.9 Å². The minimum atomic E-state index is -0.547. The van der Waals surface area contributed by atoms with Crippen molar-refractivity contribution in [1.82, 2.24) is 5.32 Å². The van der Waals surface area contributed by atoms with Gasteiger partial charge in [-0.15, -0.1) is 0 Å². The van der Waals surface area contributed by atoms with Gasteiger partial charge < -0.3 is 24.3 Å². The van der Waals surface area contributed by atoms with Crippen LogP contribution in [0.25, 0.3) is 0 Å². The van der Waals surface area contributed by atoms with E-state index in [-0.39, 0.29) is 18.3 Å². The van der Waals surface area contributed by atoms with Crippen LogP contribution in [0.5, 0.6) is 11.5 Å². The number of dihydropyridines is 1. The van der Waals surface area contributed by atoms with E-state index in [1.165, 1.54) is 0 Å². The smallest absolute Gasteiger partial charge is 0.336 e. The summed E-state index contributed by atoms with van der Waals surface area (Å²) in [6.07, 6.45) is 1.01. The molecule has 0 spiro atoms. The molecule has 41 heavy (non-hydrogen) atoms. The van der Waals surface area contributed by atoms with E-state index in [1.54, 1.807) is 14.2 Å². The standard InChI is InChI=1S/C34H35NO6/c1-22-31(34(37)40-18-17-38-2)32(25-11-15-28(16-12-25)41-21-23-7-5-4-6-8-23)33-29(35-22)19-26(20-30(33)36)24-9-13-27(39-3)14-10-24/h4-16,26,32,35H,17-21H2,1-3H3/t26-,32-/m1/s1. The lowest BCUT2D eigenvalue weighted by molar-refractivity contribution is -0.140. The first-order chi connectivity index (χ1) is 20.0. The molecule has 5 rings (SSSR count). The van der Waals surface area contributed by atoms with Crippen molar-refractivity contribution >= 4 is 11.8 Å². The number of ketones is 1. The number of esters is 1. The summed E-state index contributed by atoms with van der Waals surface area (Å²) in [4.78, 5) is 27.2. The van der Waals surface area contributed by atoms with Crippen molar-refractivity contribution < 1.29 is 28.5 Å². The summed E-state index contributed by atoms with van der Waals surface area (Å²) in [5.74, 6) is 0.519. The second-order valence-electron chi connectivity index (χ2n) is 10.3. The number of hydrogen-bond acceptors (Lipinski definition) is 7. The molecular weight excluding hydrogens is 518 g/mol. The Bertz CT molecular complexity index is 1440. The van der Waals surface area contributed by atoms with Crippen LogP contribution in [0.15, 0.2) is 101 Å². The number of ether oxygens (including phenoxy) is 4. The Morgan fingerprint density at radius 2 is 1.54 bits per heavy atom. The van der Waals surface area contributed by atoms with E-state index in [4.69, 9.17) is 18.9 Å². The van der Waals surface area contributed by atoms with Crippen LogP contribution in [0.1, 0.15) is 48.3 Å². The number of carbonyl (C=O) groups is 2. The van der Waals surface area contributed by atoms with E-state index in [9.17, 15) is 9.59 Å². The fourth-order valence-electron chi connectivity index (χ4n) is 5.55. The molecule has 1 aliphatic carbocycles. The zero-order valence-corrected chi connectivity index (χ0v) is 23.6. The molecule has 0 saturated carbocycles. The van der Waals surface area contributed by atoms with Gasteiger partial charge in [-0.25, -0.2) is 4.79 Å². The van der Waals surface area contributed by atoms with Gasteiger partial charge in [0.25, 0.3) is 0 Å². The molecule has 0 fully saturated rings. The Balaban J connectivity index is 1.45. The van der Waals surface area contributed by atoms with Gasteiger partial charge >= 0.3 is 5.97 Å². The summed E-state index contributed by atoms with van der Waals surface area (Å²) < 4.78 is 21.9. The van der Waals surface area contributed by atoms with Gasteiger partial charge in [0.05, 0.1) is 19.3 Å². The Kier molecular flexibility index (Phi) is 8.85. The molecule has 0 saturated heterocycles. The van der Waals surface area contributed by atoms with Gasteiger partial charge in [0.1, 0.15) is 24.7 Å². The molecule has 0 radical (unpaired) electrons. The maximum absolute atomic E-state index is 13.8. The Morgan fingerprint density at radius 1 is 0.854 bits per heavy atom. The minimum Gasteiger partial charge on any atom is -0.497 e. The normalized spacial score (nSPS) is 18.5. The summed E-state index contributed by atoms with van der Waals surface area (Å²) >= 11 is 0. The van der Waals surface area contributed by atoms with E-state index in [0.29, 0.717) is 48.6 Å². The monoisotopic (exact) mass is 553 g/mol. The third kappa shape index (κ3) is 6.36. The average molecular weight is 554 g/mol. The van der Waals surface area contributed by atoms with E-state index in [0.717, 1.165) is 28.1 Å². The molecule has 3 aromatic rings. The first-order valence-corrected chi connectivity index (χ1v) is 13.8. The van der Waals surface area contributed by atoms with Crippen LogP contribution in [0.4, 0.5) is 0 Å². The molecule has 1 N–H and O–H groups in total. The van der Waals surface area contributed by atoms with Gasteiger partial charge in [-0.3, -0.25) is 4.79 Å². The molecule has 3 aromatic carbocycles. The van der Waals surface area contributed by atoms with Gasteiger partial charge in [-0.1, -0.05) is 54.6 Å². The predicted molar refractivity (Wildman–Crippen MR) is 156 cm³/mol. The highest BCUT2D eigenvalue weighted by Gasteiger charge is 2.41. The van der Waals surface area contributed by atoms with E-state index in [1.807, 2.05) is 85.8 Å². The number of benzene rings is 3. The van der Waals surface area contributed by atoms with Gasteiger partial charge in [0.15, 0.2) is 5.78 Å². The van der Waals surface area contributed by atoms with Crippen molar-refractivity contribution in [2.24, 2.45) is 0 Å². The number of rotatable bonds is 10. The molecule has 2 atom stereocenters. The molecule has 1 aliphatic heterocycles. The van der Waals surface area contributed by atoms with E-state index in [2.05, 4.69) is 5.32 Å². The number of nitrogens with one attached hydrogen (secondary N) is 1. The SMILES string of the molecule is COCCOC(=O)C1=C(C)NC2=C(C(=O)C[C@H](c3ccc(OC)cc3)C2)[C@@H]1c1ccc(OCc2ccccc2)cc1. The number of hydrogen-bond donors (Lipinski definition) is 1. The van der Waals surface area contributed by atoms with E-state index >= 15 is 0 Å². The number of methoxy groups -OCH3 is 2. The molecule has 0 bridgehead atoms. The van der Waals surface area contributed by atoms with Crippen LogP contribution in [0, 0.1) is 0 Å². The van der Waals surface area contributed by atoms with Crippen LogP contribution >= 0.6 is 0 Å². The largest absolute Gasteiger partial charge is 0.497 e. The Labute approximate surface area is 240 Å². The van der Waals surface area contributed by atoms with Crippen molar-refractivity contribution in [2.45, 2.75) is 38.2 Å².